The Morgan fingerprint density at radius 2 is 2.00 bits per heavy atom. The maximum Gasteiger partial charge on any atom is 0.255 e. The zero-order chi connectivity index (χ0) is 12.8. The molecule has 0 bridgehead atoms. The van der Waals surface area contributed by atoms with E-state index in [1.165, 1.54) is 0 Å². The molecule has 0 aromatic heterocycles. The van der Waals surface area contributed by atoms with Crippen LogP contribution in [0.15, 0.2) is 12.1 Å². The highest BCUT2D eigenvalue weighted by atomic mass is 16.3. The lowest BCUT2D eigenvalue weighted by Crippen LogP contribution is -2.24. The summed E-state index contributed by atoms with van der Waals surface area (Å²) in [5, 5.41) is 12.7. The fourth-order valence-corrected chi connectivity index (χ4v) is 1.81. The minimum Gasteiger partial charge on any atom is -0.507 e. The van der Waals surface area contributed by atoms with Gasteiger partial charge in [-0.2, -0.15) is 0 Å². The Hall–Kier alpha value is -1.51. The minimum atomic E-state index is -0.189. The number of nitrogens with one attached hydrogen (secondary N) is 1. The lowest BCUT2D eigenvalue weighted by atomic mass is 10.0. The van der Waals surface area contributed by atoms with Crippen molar-refractivity contribution in [3.8, 4) is 5.75 Å². The van der Waals surface area contributed by atoms with E-state index in [9.17, 15) is 9.90 Å². The van der Waals surface area contributed by atoms with Gasteiger partial charge in [0.25, 0.3) is 5.91 Å². The standard InChI is InChI=1S/C14H21NO2/c1-4-5-6-7-15-14(17)12-9-10(2)8-11(3)13(12)16/h8-9,16H,4-7H2,1-3H3,(H,15,17). The number of aryl methyl sites for hydroxylation is 2. The monoisotopic (exact) mass is 235 g/mol. The van der Waals surface area contributed by atoms with Crippen molar-refractivity contribution >= 4 is 5.91 Å². The van der Waals surface area contributed by atoms with Crippen molar-refractivity contribution in [2.45, 2.75) is 40.0 Å². The Morgan fingerprint density at radius 1 is 1.29 bits per heavy atom. The second-order valence-electron chi connectivity index (χ2n) is 4.44. The Bertz CT molecular complexity index is 399. The molecule has 1 aromatic rings. The minimum absolute atomic E-state index is 0.0867. The topological polar surface area (TPSA) is 49.3 Å². The summed E-state index contributed by atoms with van der Waals surface area (Å²) in [4.78, 5) is 11.9. The third-order valence-electron chi connectivity index (χ3n) is 2.76. The van der Waals surface area contributed by atoms with E-state index in [1.54, 1.807) is 13.0 Å². The normalized spacial score (nSPS) is 10.3. The van der Waals surface area contributed by atoms with Gasteiger partial charge in [0.15, 0.2) is 0 Å². The van der Waals surface area contributed by atoms with Gasteiger partial charge in [-0.25, -0.2) is 0 Å². The summed E-state index contributed by atoms with van der Waals surface area (Å²) < 4.78 is 0. The van der Waals surface area contributed by atoms with Crippen LogP contribution in [-0.2, 0) is 0 Å². The molecule has 0 spiro atoms. The van der Waals surface area contributed by atoms with Gasteiger partial charge in [0, 0.05) is 6.54 Å². The largest absolute Gasteiger partial charge is 0.507 e. The summed E-state index contributed by atoms with van der Waals surface area (Å²) in [5.74, 6) is -0.103. The van der Waals surface area contributed by atoms with E-state index in [0.717, 1.165) is 30.4 Å². The Morgan fingerprint density at radius 3 is 2.65 bits per heavy atom. The van der Waals surface area contributed by atoms with Crippen LogP contribution in [0.4, 0.5) is 0 Å². The molecule has 0 saturated carbocycles. The molecule has 3 heteroatoms. The second kappa shape index (κ2) is 6.28. The van der Waals surface area contributed by atoms with Crippen LogP contribution >= 0.6 is 0 Å². The van der Waals surface area contributed by atoms with E-state index >= 15 is 0 Å². The molecule has 0 fully saturated rings. The summed E-state index contributed by atoms with van der Waals surface area (Å²) in [6, 6.07) is 3.58. The van der Waals surface area contributed by atoms with Crippen molar-refractivity contribution in [3.05, 3.63) is 28.8 Å². The highest BCUT2D eigenvalue weighted by molar-refractivity contribution is 5.97. The molecule has 1 rings (SSSR count). The molecule has 0 aliphatic rings. The quantitative estimate of drug-likeness (QED) is 0.771. The smallest absolute Gasteiger partial charge is 0.255 e. The highest BCUT2D eigenvalue weighted by Crippen LogP contribution is 2.23. The maximum atomic E-state index is 11.9. The zero-order valence-corrected chi connectivity index (χ0v) is 10.8. The van der Waals surface area contributed by atoms with Gasteiger partial charge in [0.2, 0.25) is 0 Å². The number of carbonyl (C=O) groups excluding carboxylic acids is 1. The van der Waals surface area contributed by atoms with E-state index in [-0.39, 0.29) is 11.7 Å². The number of carbonyl (C=O) groups is 1. The van der Waals surface area contributed by atoms with Gasteiger partial charge in [0.05, 0.1) is 5.56 Å². The highest BCUT2D eigenvalue weighted by Gasteiger charge is 2.12. The molecule has 0 unspecified atom stereocenters. The van der Waals surface area contributed by atoms with Crippen molar-refractivity contribution in [3.63, 3.8) is 0 Å². The van der Waals surface area contributed by atoms with Gasteiger partial charge in [-0.3, -0.25) is 4.79 Å². The molecule has 1 amide bonds. The predicted octanol–water partition coefficient (Wildman–Crippen LogP) is 2.93. The fourth-order valence-electron chi connectivity index (χ4n) is 1.81. The van der Waals surface area contributed by atoms with Gasteiger partial charge < -0.3 is 10.4 Å². The number of unbranched alkanes of at least 4 members (excludes halogenated alkanes) is 2. The first-order valence-corrected chi connectivity index (χ1v) is 6.14. The molecule has 1 aromatic carbocycles. The summed E-state index contributed by atoms with van der Waals surface area (Å²) in [7, 11) is 0. The zero-order valence-electron chi connectivity index (χ0n) is 10.8. The summed E-state index contributed by atoms with van der Waals surface area (Å²) >= 11 is 0. The first-order valence-electron chi connectivity index (χ1n) is 6.14. The van der Waals surface area contributed by atoms with Crippen LogP contribution in [0.5, 0.6) is 5.75 Å². The van der Waals surface area contributed by atoms with Crippen molar-refractivity contribution < 1.29 is 9.90 Å². The van der Waals surface area contributed by atoms with Crippen molar-refractivity contribution in [2.75, 3.05) is 6.54 Å². The Kier molecular flexibility index (Phi) is 5.01. The third kappa shape index (κ3) is 3.77. The van der Waals surface area contributed by atoms with Crippen LogP contribution < -0.4 is 5.32 Å². The predicted molar refractivity (Wildman–Crippen MR) is 69.4 cm³/mol. The first-order chi connectivity index (χ1) is 8.06. The number of phenolic OH excluding ortho intramolecular Hbond substituents is 1. The molecule has 3 nitrogen and oxygen atoms in total. The lowest BCUT2D eigenvalue weighted by molar-refractivity contribution is 0.0950. The van der Waals surface area contributed by atoms with Gasteiger partial charge in [-0.05, 0) is 37.5 Å². The van der Waals surface area contributed by atoms with Crippen LogP contribution in [0.25, 0.3) is 0 Å². The number of amides is 1. The number of aromatic hydroxyl groups is 1. The van der Waals surface area contributed by atoms with Gasteiger partial charge in [0.1, 0.15) is 5.75 Å². The molecule has 2 N–H and O–H groups in total. The number of benzene rings is 1. The average molecular weight is 235 g/mol. The number of hydrogen-bond acceptors (Lipinski definition) is 2. The summed E-state index contributed by atoms with van der Waals surface area (Å²) in [6.07, 6.45) is 3.22. The van der Waals surface area contributed by atoms with E-state index in [2.05, 4.69) is 12.2 Å². The molecule has 0 aliphatic heterocycles. The molecule has 0 atom stereocenters. The van der Waals surface area contributed by atoms with E-state index in [4.69, 9.17) is 0 Å². The third-order valence-corrected chi connectivity index (χ3v) is 2.76. The van der Waals surface area contributed by atoms with Crippen LogP contribution in [0.3, 0.4) is 0 Å². The summed E-state index contributed by atoms with van der Waals surface area (Å²) in [5.41, 5.74) is 2.10. The van der Waals surface area contributed by atoms with Crippen molar-refractivity contribution in [1.29, 1.82) is 0 Å². The fraction of sp³-hybridized carbons (Fsp3) is 0.500. The first kappa shape index (κ1) is 13.6. The number of hydrogen-bond donors (Lipinski definition) is 2. The molecule has 17 heavy (non-hydrogen) atoms. The van der Waals surface area contributed by atoms with Crippen molar-refractivity contribution in [2.24, 2.45) is 0 Å². The van der Waals surface area contributed by atoms with E-state index < -0.39 is 0 Å². The van der Waals surface area contributed by atoms with Crippen LogP contribution in [0.1, 0.15) is 47.7 Å². The molecule has 0 saturated heterocycles. The molecule has 0 aliphatic carbocycles. The van der Waals surface area contributed by atoms with Gasteiger partial charge in [-0.15, -0.1) is 0 Å². The van der Waals surface area contributed by atoms with Crippen LogP contribution in [0, 0.1) is 13.8 Å². The molecule has 94 valence electrons. The molecular weight excluding hydrogens is 214 g/mol. The number of rotatable bonds is 5. The molecular formula is C14H21NO2. The second-order valence-corrected chi connectivity index (χ2v) is 4.44. The van der Waals surface area contributed by atoms with Crippen molar-refractivity contribution in [1.82, 2.24) is 5.32 Å². The Labute approximate surface area is 103 Å². The van der Waals surface area contributed by atoms with Crippen LogP contribution in [0.2, 0.25) is 0 Å². The lowest BCUT2D eigenvalue weighted by Gasteiger charge is -2.09. The van der Waals surface area contributed by atoms with E-state index in [0.29, 0.717) is 12.1 Å². The van der Waals surface area contributed by atoms with Gasteiger partial charge in [-0.1, -0.05) is 25.8 Å². The molecule has 0 heterocycles. The Balaban J connectivity index is 2.69. The maximum absolute atomic E-state index is 11.9. The average Bonchev–Trinajstić information content (AvgIpc) is 2.29. The van der Waals surface area contributed by atoms with Gasteiger partial charge >= 0.3 is 0 Å². The van der Waals surface area contributed by atoms with E-state index in [1.807, 2.05) is 13.0 Å². The SMILES string of the molecule is CCCCCNC(=O)c1cc(C)cc(C)c1O. The number of phenols is 1. The van der Waals surface area contributed by atoms with Crippen LogP contribution in [-0.4, -0.2) is 17.6 Å². The summed E-state index contributed by atoms with van der Waals surface area (Å²) in [6.45, 7) is 6.51. The molecule has 0 radical (unpaired) electrons.